The number of carbonyl (C=O) groups excluding carboxylic acids is 1. The average Bonchev–Trinajstić information content (AvgIpc) is 2.47. The predicted molar refractivity (Wildman–Crippen MR) is 77.7 cm³/mol. The zero-order valence-corrected chi connectivity index (χ0v) is 11.0. The molecule has 1 unspecified atom stereocenters. The third kappa shape index (κ3) is 3.48. The van der Waals surface area contributed by atoms with Gasteiger partial charge in [0.15, 0.2) is 0 Å². The van der Waals surface area contributed by atoms with Gasteiger partial charge >= 0.3 is 5.97 Å². The van der Waals surface area contributed by atoms with Crippen molar-refractivity contribution >= 4 is 5.97 Å². The van der Waals surface area contributed by atoms with Crippen LogP contribution in [-0.4, -0.2) is 11.1 Å². The lowest BCUT2D eigenvalue weighted by molar-refractivity contribution is -0.136. The number of carbonyl (C=O) groups is 1. The number of hydrogen-bond acceptors (Lipinski definition) is 3. The van der Waals surface area contributed by atoms with E-state index < -0.39 is 5.92 Å². The highest BCUT2D eigenvalue weighted by molar-refractivity contribution is 5.80. The molecule has 20 heavy (non-hydrogen) atoms. The molecule has 0 bridgehead atoms. The number of hydrogen-bond donors (Lipinski definition) is 1. The third-order valence-electron chi connectivity index (χ3n) is 2.94. The maximum absolute atomic E-state index is 12.3. The molecule has 3 heteroatoms. The highest BCUT2D eigenvalue weighted by Crippen LogP contribution is 2.25. The summed E-state index contributed by atoms with van der Waals surface area (Å²) in [5.74, 6) is -0.0667. The largest absolute Gasteiger partial charge is 0.508 e. The number of rotatable bonds is 5. The summed E-state index contributed by atoms with van der Waals surface area (Å²) in [4.78, 5) is 12.3. The summed E-state index contributed by atoms with van der Waals surface area (Å²) in [6.45, 7) is 3.68. The highest BCUT2D eigenvalue weighted by Gasteiger charge is 2.21. The zero-order valence-electron chi connectivity index (χ0n) is 11.0. The van der Waals surface area contributed by atoms with Crippen LogP contribution in [0.25, 0.3) is 0 Å². The SMILES string of the molecule is C=CCC(C(=O)Oc1ccccc1)c1ccc(O)cc1. The van der Waals surface area contributed by atoms with Gasteiger partial charge in [-0.25, -0.2) is 0 Å². The van der Waals surface area contributed by atoms with Gasteiger partial charge in [0, 0.05) is 0 Å². The van der Waals surface area contributed by atoms with E-state index in [-0.39, 0.29) is 11.7 Å². The minimum Gasteiger partial charge on any atom is -0.508 e. The summed E-state index contributed by atoms with van der Waals surface area (Å²) in [5, 5.41) is 9.31. The van der Waals surface area contributed by atoms with E-state index in [1.54, 1.807) is 42.5 Å². The molecular weight excluding hydrogens is 252 g/mol. The van der Waals surface area contributed by atoms with Crippen molar-refractivity contribution in [2.24, 2.45) is 0 Å². The van der Waals surface area contributed by atoms with Gasteiger partial charge in [0.25, 0.3) is 0 Å². The molecule has 2 aromatic rings. The molecule has 1 atom stereocenters. The standard InChI is InChI=1S/C17H16O3/c1-2-6-16(13-9-11-14(18)12-10-13)17(19)20-15-7-4-3-5-8-15/h2-5,7-12,16,18H,1,6H2. The van der Waals surface area contributed by atoms with Crippen molar-refractivity contribution in [3.8, 4) is 11.5 Å². The molecule has 3 nitrogen and oxygen atoms in total. The molecule has 0 saturated heterocycles. The Morgan fingerprint density at radius 2 is 1.80 bits per heavy atom. The fourth-order valence-electron chi connectivity index (χ4n) is 1.92. The van der Waals surface area contributed by atoms with Gasteiger partial charge in [0.2, 0.25) is 0 Å². The van der Waals surface area contributed by atoms with Crippen LogP contribution < -0.4 is 4.74 Å². The van der Waals surface area contributed by atoms with E-state index in [2.05, 4.69) is 6.58 Å². The molecule has 0 radical (unpaired) electrons. The summed E-state index contributed by atoms with van der Waals surface area (Å²) in [5.41, 5.74) is 0.795. The Balaban J connectivity index is 2.17. The van der Waals surface area contributed by atoms with Gasteiger partial charge in [0.05, 0.1) is 5.92 Å². The number of phenolic OH excluding ortho intramolecular Hbond substituents is 1. The van der Waals surface area contributed by atoms with Gasteiger partial charge in [-0.3, -0.25) is 4.79 Å². The van der Waals surface area contributed by atoms with Crippen molar-refractivity contribution in [1.29, 1.82) is 0 Å². The lowest BCUT2D eigenvalue weighted by Crippen LogP contribution is -2.18. The molecule has 0 heterocycles. The van der Waals surface area contributed by atoms with Crippen molar-refractivity contribution < 1.29 is 14.6 Å². The number of allylic oxidation sites excluding steroid dienone is 1. The Bertz CT molecular complexity index is 573. The van der Waals surface area contributed by atoms with Crippen molar-refractivity contribution in [2.45, 2.75) is 12.3 Å². The minimum atomic E-state index is -0.423. The van der Waals surface area contributed by atoms with Gasteiger partial charge in [-0.1, -0.05) is 36.4 Å². The molecule has 2 aromatic carbocycles. The van der Waals surface area contributed by atoms with Crippen molar-refractivity contribution in [3.63, 3.8) is 0 Å². The Morgan fingerprint density at radius 3 is 2.40 bits per heavy atom. The van der Waals surface area contributed by atoms with Crippen molar-refractivity contribution in [2.75, 3.05) is 0 Å². The molecule has 0 spiro atoms. The van der Waals surface area contributed by atoms with E-state index in [1.165, 1.54) is 0 Å². The van der Waals surface area contributed by atoms with Crippen LogP contribution in [0.4, 0.5) is 0 Å². The van der Waals surface area contributed by atoms with Crippen LogP contribution in [-0.2, 0) is 4.79 Å². The average molecular weight is 268 g/mol. The Kier molecular flexibility index (Phi) is 4.56. The molecule has 0 aliphatic rings. The first-order chi connectivity index (χ1) is 9.70. The van der Waals surface area contributed by atoms with Crippen LogP contribution in [0.15, 0.2) is 67.3 Å². The first-order valence-corrected chi connectivity index (χ1v) is 6.37. The van der Waals surface area contributed by atoms with E-state index in [9.17, 15) is 9.90 Å². The summed E-state index contributed by atoms with van der Waals surface area (Å²) < 4.78 is 5.36. The molecule has 0 amide bonds. The van der Waals surface area contributed by atoms with Crippen LogP contribution >= 0.6 is 0 Å². The number of aromatic hydroxyl groups is 1. The van der Waals surface area contributed by atoms with E-state index in [4.69, 9.17) is 4.74 Å². The minimum absolute atomic E-state index is 0.169. The smallest absolute Gasteiger partial charge is 0.319 e. The fraction of sp³-hybridized carbons (Fsp3) is 0.118. The Labute approximate surface area is 118 Å². The van der Waals surface area contributed by atoms with Crippen LogP contribution in [0.5, 0.6) is 11.5 Å². The zero-order chi connectivity index (χ0) is 14.4. The van der Waals surface area contributed by atoms with E-state index >= 15 is 0 Å². The van der Waals surface area contributed by atoms with E-state index in [0.29, 0.717) is 12.2 Å². The molecule has 0 aliphatic carbocycles. The first kappa shape index (κ1) is 13.9. The number of ether oxygens (including phenoxy) is 1. The summed E-state index contributed by atoms with van der Waals surface area (Å²) >= 11 is 0. The third-order valence-corrected chi connectivity index (χ3v) is 2.94. The molecule has 0 aromatic heterocycles. The number of benzene rings is 2. The van der Waals surface area contributed by atoms with Crippen molar-refractivity contribution in [1.82, 2.24) is 0 Å². The molecule has 102 valence electrons. The summed E-state index contributed by atoms with van der Waals surface area (Å²) in [6, 6.07) is 15.5. The van der Waals surface area contributed by atoms with Gasteiger partial charge in [-0.2, -0.15) is 0 Å². The van der Waals surface area contributed by atoms with Gasteiger partial charge in [-0.05, 0) is 36.2 Å². The van der Waals surface area contributed by atoms with Crippen LogP contribution in [0, 0.1) is 0 Å². The van der Waals surface area contributed by atoms with Gasteiger partial charge in [-0.15, -0.1) is 6.58 Å². The second kappa shape index (κ2) is 6.57. The fourth-order valence-corrected chi connectivity index (χ4v) is 1.92. The predicted octanol–water partition coefficient (Wildman–Crippen LogP) is 3.66. The Hall–Kier alpha value is -2.55. The number of phenols is 1. The summed E-state index contributed by atoms with van der Waals surface area (Å²) in [7, 11) is 0. The monoisotopic (exact) mass is 268 g/mol. The molecular formula is C17H16O3. The molecule has 0 fully saturated rings. The number of esters is 1. The highest BCUT2D eigenvalue weighted by atomic mass is 16.5. The number of para-hydroxylation sites is 1. The van der Waals surface area contributed by atoms with Crippen LogP contribution in [0.3, 0.4) is 0 Å². The van der Waals surface area contributed by atoms with Crippen LogP contribution in [0.2, 0.25) is 0 Å². The molecule has 0 aliphatic heterocycles. The van der Waals surface area contributed by atoms with Crippen molar-refractivity contribution in [3.05, 3.63) is 72.8 Å². The van der Waals surface area contributed by atoms with Gasteiger partial charge in [0.1, 0.15) is 11.5 Å². The first-order valence-electron chi connectivity index (χ1n) is 6.37. The topological polar surface area (TPSA) is 46.5 Å². The maximum atomic E-state index is 12.3. The normalized spacial score (nSPS) is 11.6. The quantitative estimate of drug-likeness (QED) is 0.511. The summed E-state index contributed by atoms with van der Waals surface area (Å²) in [6.07, 6.45) is 2.17. The lowest BCUT2D eigenvalue weighted by Gasteiger charge is -2.14. The second-order valence-corrected chi connectivity index (χ2v) is 4.40. The second-order valence-electron chi connectivity index (χ2n) is 4.40. The van der Waals surface area contributed by atoms with Crippen LogP contribution in [0.1, 0.15) is 17.9 Å². The van der Waals surface area contributed by atoms with E-state index in [0.717, 1.165) is 5.56 Å². The van der Waals surface area contributed by atoms with Gasteiger partial charge < -0.3 is 9.84 Å². The maximum Gasteiger partial charge on any atom is 0.319 e. The lowest BCUT2D eigenvalue weighted by atomic mass is 9.96. The van der Waals surface area contributed by atoms with E-state index in [1.807, 2.05) is 18.2 Å². The molecule has 0 saturated carbocycles. The molecule has 1 N–H and O–H groups in total. The molecule has 2 rings (SSSR count). The Morgan fingerprint density at radius 1 is 1.15 bits per heavy atom.